The Morgan fingerprint density at radius 3 is 2.46 bits per heavy atom. The summed E-state index contributed by atoms with van der Waals surface area (Å²) in [4.78, 5) is 12.6. The van der Waals surface area contributed by atoms with Crippen LogP contribution in [0.5, 0.6) is 5.75 Å². The molecule has 1 N–H and O–H groups in total. The van der Waals surface area contributed by atoms with Gasteiger partial charge in [-0.3, -0.25) is 4.79 Å². The summed E-state index contributed by atoms with van der Waals surface area (Å²) >= 11 is 0. The van der Waals surface area contributed by atoms with Gasteiger partial charge < -0.3 is 14.6 Å². The molecule has 0 bridgehead atoms. The van der Waals surface area contributed by atoms with Crippen LogP contribution in [0, 0.1) is 27.7 Å². The molecule has 0 spiro atoms. The van der Waals surface area contributed by atoms with E-state index in [0.717, 1.165) is 22.6 Å². The first-order valence-corrected chi connectivity index (χ1v) is 9.37. The number of hydrogen-bond acceptors (Lipinski definition) is 4. The average Bonchev–Trinajstić information content (AvgIpc) is 3.00. The second-order valence-electron chi connectivity index (χ2n) is 7.17. The van der Waals surface area contributed by atoms with Gasteiger partial charge in [0.1, 0.15) is 18.1 Å². The van der Waals surface area contributed by atoms with E-state index in [9.17, 15) is 4.79 Å². The van der Waals surface area contributed by atoms with E-state index in [1.54, 1.807) is 24.3 Å². The molecule has 1 heterocycles. The molecule has 1 atom stereocenters. The Kier molecular flexibility index (Phi) is 5.83. The smallest absolute Gasteiger partial charge is 0.251 e. The molecule has 146 valence electrons. The Morgan fingerprint density at radius 1 is 1.11 bits per heavy atom. The van der Waals surface area contributed by atoms with Crippen molar-refractivity contribution < 1.29 is 14.1 Å². The van der Waals surface area contributed by atoms with Gasteiger partial charge in [-0.1, -0.05) is 28.9 Å². The van der Waals surface area contributed by atoms with Crippen LogP contribution in [0.25, 0.3) is 0 Å². The topological polar surface area (TPSA) is 64.4 Å². The second-order valence-corrected chi connectivity index (χ2v) is 7.17. The lowest BCUT2D eigenvalue weighted by Gasteiger charge is -2.17. The van der Waals surface area contributed by atoms with Crippen LogP contribution in [0.15, 0.2) is 47.0 Å². The van der Waals surface area contributed by atoms with Crippen molar-refractivity contribution in [3.05, 3.63) is 81.7 Å². The van der Waals surface area contributed by atoms with Crippen LogP contribution in [0.2, 0.25) is 0 Å². The fourth-order valence-electron chi connectivity index (χ4n) is 3.15. The number of carbonyl (C=O) groups excluding carboxylic acids is 1. The molecule has 0 aliphatic rings. The number of nitrogens with zero attached hydrogens (tertiary/aromatic N) is 1. The minimum atomic E-state index is -0.106. The molecule has 1 aromatic heterocycles. The largest absolute Gasteiger partial charge is 0.489 e. The molecule has 3 aromatic rings. The molecule has 1 unspecified atom stereocenters. The van der Waals surface area contributed by atoms with Gasteiger partial charge in [0, 0.05) is 5.56 Å². The summed E-state index contributed by atoms with van der Waals surface area (Å²) < 4.78 is 10.9. The first kappa shape index (κ1) is 19.7. The van der Waals surface area contributed by atoms with Crippen LogP contribution in [0.3, 0.4) is 0 Å². The lowest BCUT2D eigenvalue weighted by Crippen LogP contribution is -2.27. The molecule has 0 aliphatic heterocycles. The Hall–Kier alpha value is -3.08. The van der Waals surface area contributed by atoms with Gasteiger partial charge >= 0.3 is 0 Å². The molecule has 0 aliphatic carbocycles. The minimum Gasteiger partial charge on any atom is -0.489 e. The van der Waals surface area contributed by atoms with Crippen LogP contribution in [0.4, 0.5) is 0 Å². The summed E-state index contributed by atoms with van der Waals surface area (Å²) in [6.07, 6.45) is 0. The van der Waals surface area contributed by atoms with Crippen molar-refractivity contribution in [2.75, 3.05) is 0 Å². The maximum Gasteiger partial charge on any atom is 0.251 e. The number of aryl methyl sites for hydroxylation is 4. The van der Waals surface area contributed by atoms with E-state index in [1.165, 1.54) is 11.1 Å². The van der Waals surface area contributed by atoms with Crippen molar-refractivity contribution in [3.8, 4) is 5.75 Å². The van der Waals surface area contributed by atoms with E-state index in [-0.39, 0.29) is 11.9 Å². The van der Waals surface area contributed by atoms with Crippen molar-refractivity contribution >= 4 is 5.91 Å². The van der Waals surface area contributed by atoms with Gasteiger partial charge in [0.25, 0.3) is 5.91 Å². The number of benzene rings is 2. The fraction of sp³-hybridized carbons (Fsp3) is 0.304. The molecule has 0 saturated carbocycles. The zero-order valence-electron chi connectivity index (χ0n) is 17.0. The number of carbonyl (C=O) groups is 1. The first-order chi connectivity index (χ1) is 13.3. The molecule has 0 radical (unpaired) electrons. The molecule has 5 heteroatoms. The summed E-state index contributed by atoms with van der Waals surface area (Å²) in [5.41, 5.74) is 5.86. The molecule has 5 nitrogen and oxygen atoms in total. The Balaban J connectivity index is 1.62. The maximum atomic E-state index is 12.6. The van der Waals surface area contributed by atoms with Gasteiger partial charge in [-0.2, -0.15) is 0 Å². The minimum absolute atomic E-state index is 0.0668. The Bertz CT molecular complexity index is 955. The summed E-state index contributed by atoms with van der Waals surface area (Å²) in [6, 6.07) is 13.4. The Labute approximate surface area is 165 Å². The number of nitrogens with one attached hydrogen (secondary N) is 1. The second kappa shape index (κ2) is 8.30. The first-order valence-electron chi connectivity index (χ1n) is 9.37. The molecule has 3 rings (SSSR count). The third kappa shape index (κ3) is 4.42. The van der Waals surface area contributed by atoms with Gasteiger partial charge in [-0.15, -0.1) is 0 Å². The molecular formula is C23H26N2O3. The zero-order chi connectivity index (χ0) is 20.3. The van der Waals surface area contributed by atoms with Crippen LogP contribution in [-0.2, 0) is 6.61 Å². The van der Waals surface area contributed by atoms with Crippen molar-refractivity contribution in [2.45, 2.75) is 47.3 Å². The van der Waals surface area contributed by atoms with Crippen molar-refractivity contribution in [2.24, 2.45) is 0 Å². The monoisotopic (exact) mass is 378 g/mol. The quantitative estimate of drug-likeness (QED) is 0.657. The molecule has 28 heavy (non-hydrogen) atoms. The summed E-state index contributed by atoms with van der Waals surface area (Å²) in [7, 11) is 0. The van der Waals surface area contributed by atoms with E-state index in [2.05, 4.69) is 42.5 Å². The number of ether oxygens (including phenoxy) is 1. The SMILES string of the molecule is Cc1ccc(C)c(C(C)NC(=O)c2ccc(OCc3c(C)noc3C)cc2)c1. The third-order valence-corrected chi connectivity index (χ3v) is 4.93. The normalized spacial score (nSPS) is 11.9. The molecular weight excluding hydrogens is 352 g/mol. The van der Waals surface area contributed by atoms with E-state index >= 15 is 0 Å². The summed E-state index contributed by atoms with van der Waals surface area (Å²) in [5, 5.41) is 6.99. The Morgan fingerprint density at radius 2 is 1.82 bits per heavy atom. The van der Waals surface area contributed by atoms with Crippen molar-refractivity contribution in [1.29, 1.82) is 0 Å². The number of hydrogen-bond donors (Lipinski definition) is 1. The zero-order valence-corrected chi connectivity index (χ0v) is 17.0. The van der Waals surface area contributed by atoms with Gasteiger partial charge in [-0.05, 0) is 70.0 Å². The molecule has 2 aromatic carbocycles. The van der Waals surface area contributed by atoms with Gasteiger partial charge in [0.2, 0.25) is 0 Å². The van der Waals surface area contributed by atoms with E-state index in [0.29, 0.717) is 17.9 Å². The molecule has 1 amide bonds. The highest BCUT2D eigenvalue weighted by atomic mass is 16.5. The highest BCUT2D eigenvalue weighted by molar-refractivity contribution is 5.94. The van der Waals surface area contributed by atoms with Crippen LogP contribution < -0.4 is 10.1 Å². The van der Waals surface area contributed by atoms with Gasteiger partial charge in [0.15, 0.2) is 0 Å². The standard InChI is InChI=1S/C23H26N2O3/c1-14-6-7-15(2)21(12-14)16(3)24-23(26)19-8-10-20(11-9-19)27-13-22-17(4)25-28-18(22)5/h6-12,16H,13H2,1-5H3,(H,24,26). The highest BCUT2D eigenvalue weighted by Crippen LogP contribution is 2.21. The predicted octanol–water partition coefficient (Wildman–Crippen LogP) is 4.98. The molecule has 0 fully saturated rings. The van der Waals surface area contributed by atoms with Crippen molar-refractivity contribution in [1.82, 2.24) is 10.5 Å². The lowest BCUT2D eigenvalue weighted by molar-refractivity contribution is 0.0939. The summed E-state index contributed by atoms with van der Waals surface area (Å²) in [5.74, 6) is 1.35. The van der Waals surface area contributed by atoms with E-state index in [4.69, 9.17) is 9.26 Å². The maximum absolute atomic E-state index is 12.6. The van der Waals surface area contributed by atoms with Crippen LogP contribution in [0.1, 0.15) is 57.0 Å². The summed E-state index contributed by atoms with van der Waals surface area (Å²) in [6.45, 7) is 10.3. The molecule has 0 saturated heterocycles. The highest BCUT2D eigenvalue weighted by Gasteiger charge is 2.14. The predicted molar refractivity (Wildman–Crippen MR) is 109 cm³/mol. The lowest BCUT2D eigenvalue weighted by atomic mass is 10.00. The fourth-order valence-corrected chi connectivity index (χ4v) is 3.15. The number of amides is 1. The van der Waals surface area contributed by atoms with Gasteiger partial charge in [-0.25, -0.2) is 0 Å². The van der Waals surface area contributed by atoms with Gasteiger partial charge in [0.05, 0.1) is 17.3 Å². The number of aromatic nitrogens is 1. The third-order valence-electron chi connectivity index (χ3n) is 4.93. The van der Waals surface area contributed by atoms with E-state index < -0.39 is 0 Å². The average molecular weight is 378 g/mol. The van der Waals surface area contributed by atoms with E-state index in [1.807, 2.05) is 20.8 Å². The van der Waals surface area contributed by atoms with Crippen LogP contribution >= 0.6 is 0 Å². The number of rotatable bonds is 6. The van der Waals surface area contributed by atoms with Crippen LogP contribution in [-0.4, -0.2) is 11.1 Å². The van der Waals surface area contributed by atoms with Crippen molar-refractivity contribution in [3.63, 3.8) is 0 Å².